The van der Waals surface area contributed by atoms with E-state index in [2.05, 4.69) is 4.98 Å². The minimum absolute atomic E-state index is 0.0577. The van der Waals surface area contributed by atoms with Gasteiger partial charge in [-0.05, 0) is 25.5 Å². The first-order valence-electron chi connectivity index (χ1n) is 7.67. The summed E-state index contributed by atoms with van der Waals surface area (Å²) in [6.45, 7) is 4.05. The summed E-state index contributed by atoms with van der Waals surface area (Å²) in [5.74, 6) is -1.08. The van der Waals surface area contributed by atoms with Crippen molar-refractivity contribution in [2.24, 2.45) is 0 Å². The predicted molar refractivity (Wildman–Crippen MR) is 86.9 cm³/mol. The maximum absolute atomic E-state index is 12.1. The molecule has 1 heterocycles. The van der Waals surface area contributed by atoms with Crippen LogP contribution in [0.4, 0.5) is 0 Å². The zero-order valence-corrected chi connectivity index (χ0v) is 13.7. The van der Waals surface area contributed by atoms with Crippen LogP contribution in [0.1, 0.15) is 40.3 Å². The molecule has 6 nitrogen and oxygen atoms in total. The Balaban J connectivity index is 2.22. The van der Waals surface area contributed by atoms with E-state index >= 15 is 0 Å². The van der Waals surface area contributed by atoms with Gasteiger partial charge in [0.05, 0.1) is 18.8 Å². The van der Waals surface area contributed by atoms with Gasteiger partial charge in [0.25, 0.3) is 0 Å². The normalized spacial score (nSPS) is 10.1. The molecule has 0 radical (unpaired) electrons. The molecule has 6 heteroatoms. The van der Waals surface area contributed by atoms with Crippen LogP contribution in [0.5, 0.6) is 5.88 Å². The van der Waals surface area contributed by atoms with Crippen molar-refractivity contribution in [3.05, 3.63) is 59.3 Å². The molecule has 0 N–H and O–H groups in total. The molecule has 0 unspecified atom stereocenters. The highest BCUT2D eigenvalue weighted by molar-refractivity contribution is 6.01. The molecule has 2 rings (SSSR count). The van der Waals surface area contributed by atoms with Gasteiger partial charge in [0.2, 0.25) is 5.88 Å². The number of benzene rings is 1. The van der Waals surface area contributed by atoms with Crippen molar-refractivity contribution in [3.63, 3.8) is 0 Å². The fraction of sp³-hybridized carbons (Fsp3) is 0.278. The molecule has 1 aromatic heterocycles. The van der Waals surface area contributed by atoms with E-state index < -0.39 is 11.9 Å². The van der Waals surface area contributed by atoms with Gasteiger partial charge in [-0.3, -0.25) is 0 Å². The molecule has 0 aliphatic heterocycles. The Labute approximate surface area is 140 Å². The number of rotatable bonds is 7. The third kappa shape index (κ3) is 4.55. The van der Waals surface area contributed by atoms with Crippen molar-refractivity contribution < 1.29 is 23.8 Å². The van der Waals surface area contributed by atoms with Crippen molar-refractivity contribution in [3.8, 4) is 5.88 Å². The van der Waals surface area contributed by atoms with Crippen LogP contribution in [0, 0.1) is 0 Å². The Bertz CT molecular complexity index is 700. The van der Waals surface area contributed by atoms with Crippen molar-refractivity contribution in [2.75, 3.05) is 13.2 Å². The van der Waals surface area contributed by atoms with Gasteiger partial charge in [0.1, 0.15) is 6.61 Å². The van der Waals surface area contributed by atoms with Gasteiger partial charge in [0, 0.05) is 6.07 Å². The summed E-state index contributed by atoms with van der Waals surface area (Å²) in [5, 5.41) is 0. The lowest BCUT2D eigenvalue weighted by atomic mass is 10.2. The summed E-state index contributed by atoms with van der Waals surface area (Å²) in [7, 11) is 0. The first-order valence-corrected chi connectivity index (χ1v) is 7.67. The van der Waals surface area contributed by atoms with Crippen molar-refractivity contribution in [2.45, 2.75) is 20.5 Å². The van der Waals surface area contributed by atoms with Gasteiger partial charge in [-0.15, -0.1) is 0 Å². The molecule has 0 aliphatic rings. The molecule has 0 fully saturated rings. The highest BCUT2D eigenvalue weighted by Gasteiger charge is 2.22. The van der Waals surface area contributed by atoms with E-state index in [1.807, 2.05) is 30.3 Å². The minimum atomic E-state index is -0.689. The number of nitrogens with zero attached hydrogens (tertiary/aromatic N) is 1. The summed E-state index contributed by atoms with van der Waals surface area (Å²) in [6, 6.07) is 12.5. The summed E-state index contributed by atoms with van der Waals surface area (Å²) < 4.78 is 15.5. The second-order valence-corrected chi connectivity index (χ2v) is 4.76. The average Bonchev–Trinajstić information content (AvgIpc) is 2.61. The van der Waals surface area contributed by atoms with E-state index in [1.165, 1.54) is 12.1 Å². The quantitative estimate of drug-likeness (QED) is 0.727. The number of carbonyl (C=O) groups excluding carboxylic acids is 2. The van der Waals surface area contributed by atoms with Crippen LogP contribution in [-0.4, -0.2) is 30.1 Å². The molecule has 0 bridgehead atoms. The first-order chi connectivity index (χ1) is 11.7. The number of esters is 2. The number of aromatic nitrogens is 1. The molecule has 0 saturated carbocycles. The molecule has 1 aromatic carbocycles. The lowest BCUT2D eigenvalue weighted by molar-refractivity contribution is 0.0472. The molecule has 0 saturated heterocycles. The topological polar surface area (TPSA) is 74.7 Å². The maximum Gasteiger partial charge on any atom is 0.357 e. The summed E-state index contributed by atoms with van der Waals surface area (Å²) in [4.78, 5) is 28.1. The van der Waals surface area contributed by atoms with Gasteiger partial charge in [-0.1, -0.05) is 30.3 Å². The Hall–Kier alpha value is -2.89. The van der Waals surface area contributed by atoms with Gasteiger partial charge >= 0.3 is 11.9 Å². The molecule has 0 aliphatic carbocycles. The number of hydrogen-bond donors (Lipinski definition) is 0. The van der Waals surface area contributed by atoms with Gasteiger partial charge in [-0.2, -0.15) is 0 Å². The van der Waals surface area contributed by atoms with E-state index in [9.17, 15) is 9.59 Å². The molecule has 126 valence electrons. The number of carbonyl (C=O) groups is 2. The monoisotopic (exact) mass is 329 g/mol. The zero-order valence-electron chi connectivity index (χ0n) is 13.7. The van der Waals surface area contributed by atoms with E-state index in [0.717, 1.165) is 5.56 Å². The predicted octanol–water partition coefficient (Wildman–Crippen LogP) is 3.01. The third-order valence-electron chi connectivity index (χ3n) is 3.06. The van der Waals surface area contributed by atoms with Crippen LogP contribution >= 0.6 is 0 Å². The van der Waals surface area contributed by atoms with E-state index in [-0.39, 0.29) is 30.4 Å². The number of hydrogen-bond acceptors (Lipinski definition) is 6. The smallest absolute Gasteiger partial charge is 0.357 e. The van der Waals surface area contributed by atoms with Crippen molar-refractivity contribution in [1.29, 1.82) is 0 Å². The second kappa shape index (κ2) is 8.67. The van der Waals surface area contributed by atoms with Gasteiger partial charge < -0.3 is 14.2 Å². The molecule has 2 aromatic rings. The lowest BCUT2D eigenvalue weighted by Gasteiger charge is -2.10. The van der Waals surface area contributed by atoms with Crippen molar-refractivity contribution >= 4 is 11.9 Å². The van der Waals surface area contributed by atoms with Crippen LogP contribution in [0.15, 0.2) is 42.5 Å². The molecule has 0 atom stereocenters. The van der Waals surface area contributed by atoms with Crippen LogP contribution in [-0.2, 0) is 16.1 Å². The van der Waals surface area contributed by atoms with Crippen molar-refractivity contribution in [1.82, 2.24) is 4.98 Å². The second-order valence-electron chi connectivity index (χ2n) is 4.76. The van der Waals surface area contributed by atoms with Gasteiger partial charge in [0.15, 0.2) is 5.69 Å². The minimum Gasteiger partial charge on any atom is -0.473 e. The van der Waals surface area contributed by atoms with E-state index in [1.54, 1.807) is 13.8 Å². The Kier molecular flexibility index (Phi) is 6.31. The SMILES string of the molecule is CCOC(=O)c1ccc(OCc2ccccc2)nc1C(=O)OCC. The zero-order chi connectivity index (χ0) is 17.4. The Morgan fingerprint density at radius 1 is 0.917 bits per heavy atom. The molecular weight excluding hydrogens is 310 g/mol. The number of ether oxygens (including phenoxy) is 3. The average molecular weight is 329 g/mol. The van der Waals surface area contributed by atoms with E-state index in [0.29, 0.717) is 6.61 Å². The molecule has 0 spiro atoms. The molecule has 0 amide bonds. The van der Waals surface area contributed by atoms with Crippen LogP contribution in [0.2, 0.25) is 0 Å². The highest BCUT2D eigenvalue weighted by atomic mass is 16.5. The highest BCUT2D eigenvalue weighted by Crippen LogP contribution is 2.17. The van der Waals surface area contributed by atoms with E-state index in [4.69, 9.17) is 14.2 Å². The van der Waals surface area contributed by atoms with Crippen LogP contribution < -0.4 is 4.74 Å². The van der Waals surface area contributed by atoms with Crippen LogP contribution in [0.25, 0.3) is 0 Å². The fourth-order valence-electron chi connectivity index (χ4n) is 1.98. The standard InChI is InChI=1S/C18H19NO5/c1-3-22-17(20)14-10-11-15(19-16(14)18(21)23-4-2)24-12-13-8-6-5-7-9-13/h5-11H,3-4,12H2,1-2H3. The summed E-state index contributed by atoms with van der Waals surface area (Å²) >= 11 is 0. The van der Waals surface area contributed by atoms with Gasteiger partial charge in [-0.25, -0.2) is 14.6 Å². The maximum atomic E-state index is 12.1. The summed E-state index contributed by atoms with van der Waals surface area (Å²) in [6.07, 6.45) is 0. The first kappa shape index (κ1) is 17.5. The molecular formula is C18H19NO5. The Morgan fingerprint density at radius 2 is 1.58 bits per heavy atom. The molecule has 24 heavy (non-hydrogen) atoms. The largest absolute Gasteiger partial charge is 0.473 e. The Morgan fingerprint density at radius 3 is 2.25 bits per heavy atom. The van der Waals surface area contributed by atoms with Crippen LogP contribution in [0.3, 0.4) is 0 Å². The number of pyridine rings is 1. The summed E-state index contributed by atoms with van der Waals surface area (Å²) in [5.41, 5.74) is 0.912. The third-order valence-corrected chi connectivity index (χ3v) is 3.06. The fourth-order valence-corrected chi connectivity index (χ4v) is 1.98. The lowest BCUT2D eigenvalue weighted by Crippen LogP contribution is -2.16.